The summed E-state index contributed by atoms with van der Waals surface area (Å²) in [6.45, 7) is 4.56. The van der Waals surface area contributed by atoms with Crippen molar-refractivity contribution in [2.24, 2.45) is 0 Å². The maximum Gasteiger partial charge on any atom is 0.295 e. The molecule has 9 nitrogen and oxygen atoms in total. The van der Waals surface area contributed by atoms with Crippen molar-refractivity contribution >= 4 is 17.4 Å². The fraction of sp³-hybridized carbons (Fsp3) is 0.435. The molecule has 0 saturated carbocycles. The maximum atomic E-state index is 13.2. The number of hydrogen-bond donors (Lipinski definition) is 2. The Bertz CT molecular complexity index is 1040. The van der Waals surface area contributed by atoms with Crippen molar-refractivity contribution in [1.82, 2.24) is 20.0 Å². The number of aromatic nitrogens is 2. The van der Waals surface area contributed by atoms with Crippen LogP contribution in [0.1, 0.15) is 35.0 Å². The van der Waals surface area contributed by atoms with Crippen LogP contribution in [0.3, 0.4) is 0 Å². The first-order valence-electron chi connectivity index (χ1n) is 10.4. The topological polar surface area (TPSA) is 108 Å². The Hall–Kier alpha value is -3.33. The zero-order valence-corrected chi connectivity index (χ0v) is 19.4. The summed E-state index contributed by atoms with van der Waals surface area (Å²) in [7, 11) is 6.95. The van der Waals surface area contributed by atoms with Crippen LogP contribution in [-0.2, 0) is 9.59 Å². The molecule has 2 aromatic rings. The minimum atomic E-state index is -0.823. The number of aliphatic hydroxyl groups excluding tert-OH is 1. The Kier molecular flexibility index (Phi) is 6.88. The number of ketones is 1. The summed E-state index contributed by atoms with van der Waals surface area (Å²) in [6, 6.07) is 4.38. The van der Waals surface area contributed by atoms with Crippen LogP contribution in [0.2, 0.25) is 0 Å². The summed E-state index contributed by atoms with van der Waals surface area (Å²) in [5.74, 6) is -0.601. The van der Waals surface area contributed by atoms with Crippen molar-refractivity contribution in [2.75, 3.05) is 41.4 Å². The minimum Gasteiger partial charge on any atom is -0.507 e. The standard InChI is InChI=1S/C23H30N4O5/c1-13-18(14(2)25-24-13)21(28)19-20(16-12-15(31-5)8-9-17(16)32-6)27(23(30)22(19)29)11-7-10-26(3)4/h8-9,12,20,28H,7,10-11H2,1-6H3,(H,24,25). The number of ether oxygens (including phenoxy) is 2. The number of rotatable bonds is 8. The summed E-state index contributed by atoms with van der Waals surface area (Å²) >= 11 is 0. The molecule has 3 rings (SSSR count). The van der Waals surface area contributed by atoms with Gasteiger partial charge in [-0.25, -0.2) is 0 Å². The fourth-order valence-electron chi connectivity index (χ4n) is 4.08. The van der Waals surface area contributed by atoms with Crippen LogP contribution >= 0.6 is 0 Å². The molecule has 32 heavy (non-hydrogen) atoms. The van der Waals surface area contributed by atoms with E-state index < -0.39 is 17.7 Å². The summed E-state index contributed by atoms with van der Waals surface area (Å²) < 4.78 is 10.9. The summed E-state index contributed by atoms with van der Waals surface area (Å²) in [4.78, 5) is 29.8. The number of benzene rings is 1. The highest BCUT2D eigenvalue weighted by atomic mass is 16.5. The van der Waals surface area contributed by atoms with Gasteiger partial charge in [-0.05, 0) is 59.1 Å². The number of carbonyl (C=O) groups excluding carboxylic acids is 2. The third-order valence-electron chi connectivity index (χ3n) is 5.64. The van der Waals surface area contributed by atoms with Gasteiger partial charge in [0.05, 0.1) is 37.1 Å². The normalized spacial score (nSPS) is 18.0. The molecule has 0 bridgehead atoms. The molecule has 2 N–H and O–H groups in total. The number of carbonyl (C=O) groups is 2. The van der Waals surface area contributed by atoms with Crippen molar-refractivity contribution in [2.45, 2.75) is 26.3 Å². The molecule has 1 aliphatic rings. The smallest absolute Gasteiger partial charge is 0.295 e. The number of amides is 1. The van der Waals surface area contributed by atoms with Crippen LogP contribution in [-0.4, -0.2) is 78.2 Å². The van der Waals surface area contributed by atoms with Gasteiger partial charge in [0, 0.05) is 17.8 Å². The molecule has 1 fully saturated rings. The lowest BCUT2D eigenvalue weighted by atomic mass is 9.94. The van der Waals surface area contributed by atoms with Gasteiger partial charge in [0.15, 0.2) is 0 Å². The van der Waals surface area contributed by atoms with Gasteiger partial charge >= 0.3 is 0 Å². The van der Waals surface area contributed by atoms with E-state index in [2.05, 4.69) is 10.2 Å². The zero-order chi connectivity index (χ0) is 23.6. The number of nitrogens with zero attached hydrogens (tertiary/aromatic N) is 3. The number of Topliss-reactive ketones (excluding diaryl/α,β-unsaturated/α-hetero) is 1. The monoisotopic (exact) mass is 442 g/mol. The third kappa shape index (κ3) is 4.20. The Morgan fingerprint density at radius 1 is 1.22 bits per heavy atom. The maximum absolute atomic E-state index is 13.2. The predicted molar refractivity (Wildman–Crippen MR) is 120 cm³/mol. The van der Waals surface area contributed by atoms with Crippen molar-refractivity contribution in [3.05, 3.63) is 46.3 Å². The highest BCUT2D eigenvalue weighted by Gasteiger charge is 2.47. The third-order valence-corrected chi connectivity index (χ3v) is 5.64. The largest absolute Gasteiger partial charge is 0.507 e. The number of hydrogen-bond acceptors (Lipinski definition) is 7. The Morgan fingerprint density at radius 2 is 1.94 bits per heavy atom. The van der Waals surface area contributed by atoms with Crippen LogP contribution in [0.5, 0.6) is 11.5 Å². The van der Waals surface area contributed by atoms with Gasteiger partial charge in [-0.2, -0.15) is 5.10 Å². The molecule has 1 aliphatic heterocycles. The summed E-state index contributed by atoms with van der Waals surface area (Å²) in [6.07, 6.45) is 0.659. The Morgan fingerprint density at radius 3 is 2.50 bits per heavy atom. The molecule has 0 aliphatic carbocycles. The first-order chi connectivity index (χ1) is 15.2. The number of aliphatic hydroxyl groups is 1. The predicted octanol–water partition coefficient (Wildman–Crippen LogP) is 2.42. The molecule has 1 unspecified atom stereocenters. The van der Waals surface area contributed by atoms with Crippen LogP contribution in [0, 0.1) is 13.8 Å². The van der Waals surface area contributed by atoms with Gasteiger partial charge in [0.2, 0.25) is 0 Å². The van der Waals surface area contributed by atoms with E-state index in [0.29, 0.717) is 47.0 Å². The zero-order valence-electron chi connectivity index (χ0n) is 19.4. The number of H-pyrrole nitrogens is 1. The fourth-order valence-corrected chi connectivity index (χ4v) is 4.08. The van der Waals surface area contributed by atoms with E-state index in [9.17, 15) is 14.7 Å². The van der Waals surface area contributed by atoms with Crippen LogP contribution < -0.4 is 9.47 Å². The molecule has 0 spiro atoms. The first kappa shape index (κ1) is 23.3. The van der Waals surface area contributed by atoms with Gasteiger partial charge in [0.1, 0.15) is 17.3 Å². The number of aromatic amines is 1. The van der Waals surface area contributed by atoms with Gasteiger partial charge in [-0.3, -0.25) is 14.7 Å². The average Bonchev–Trinajstić information content (AvgIpc) is 3.23. The molecular formula is C23H30N4O5. The molecule has 1 saturated heterocycles. The number of nitrogens with one attached hydrogen (secondary N) is 1. The molecule has 2 heterocycles. The number of methoxy groups -OCH3 is 2. The van der Waals surface area contributed by atoms with Gasteiger partial charge in [-0.15, -0.1) is 0 Å². The summed E-state index contributed by atoms with van der Waals surface area (Å²) in [5.41, 5.74) is 2.14. The van der Waals surface area contributed by atoms with E-state index in [-0.39, 0.29) is 11.3 Å². The van der Waals surface area contributed by atoms with E-state index >= 15 is 0 Å². The number of likely N-dealkylation sites (tertiary alicyclic amines) is 1. The lowest BCUT2D eigenvalue weighted by Gasteiger charge is -2.27. The molecule has 172 valence electrons. The lowest BCUT2D eigenvalue weighted by molar-refractivity contribution is -0.140. The van der Waals surface area contributed by atoms with E-state index in [1.807, 2.05) is 19.0 Å². The van der Waals surface area contributed by atoms with Crippen molar-refractivity contribution in [3.63, 3.8) is 0 Å². The average molecular weight is 443 g/mol. The summed E-state index contributed by atoms with van der Waals surface area (Å²) in [5, 5.41) is 18.2. The van der Waals surface area contributed by atoms with Gasteiger partial charge in [-0.1, -0.05) is 0 Å². The minimum absolute atomic E-state index is 0.0130. The molecular weight excluding hydrogens is 412 g/mol. The number of aryl methyl sites for hydroxylation is 2. The van der Waals surface area contributed by atoms with Crippen LogP contribution in [0.25, 0.3) is 5.76 Å². The molecule has 1 aromatic carbocycles. The van der Waals surface area contributed by atoms with Crippen molar-refractivity contribution in [3.8, 4) is 11.5 Å². The van der Waals surface area contributed by atoms with Crippen LogP contribution in [0.15, 0.2) is 23.8 Å². The molecule has 0 radical (unpaired) electrons. The molecule has 9 heteroatoms. The Balaban J connectivity index is 2.22. The highest BCUT2D eigenvalue weighted by molar-refractivity contribution is 6.46. The van der Waals surface area contributed by atoms with E-state index in [1.54, 1.807) is 32.0 Å². The molecule has 1 amide bonds. The SMILES string of the molecule is COc1ccc(OC)c(C2C(=C(O)c3c(C)n[nH]c3C)C(=O)C(=O)N2CCCN(C)C)c1. The van der Waals surface area contributed by atoms with E-state index in [1.165, 1.54) is 19.1 Å². The second-order valence-corrected chi connectivity index (χ2v) is 8.07. The quantitative estimate of drug-likeness (QED) is 0.367. The second-order valence-electron chi connectivity index (χ2n) is 8.07. The van der Waals surface area contributed by atoms with Gasteiger partial charge < -0.3 is 24.4 Å². The molecule has 1 atom stereocenters. The first-order valence-corrected chi connectivity index (χ1v) is 10.4. The van der Waals surface area contributed by atoms with Crippen molar-refractivity contribution < 1.29 is 24.2 Å². The van der Waals surface area contributed by atoms with E-state index in [0.717, 1.165) is 6.54 Å². The lowest BCUT2D eigenvalue weighted by Crippen LogP contribution is -2.32. The van der Waals surface area contributed by atoms with E-state index in [4.69, 9.17) is 9.47 Å². The van der Waals surface area contributed by atoms with Crippen molar-refractivity contribution in [1.29, 1.82) is 0 Å². The second kappa shape index (κ2) is 9.44. The highest BCUT2D eigenvalue weighted by Crippen LogP contribution is 2.44. The molecule has 1 aromatic heterocycles. The Labute approximate surface area is 187 Å². The van der Waals surface area contributed by atoms with Crippen LogP contribution in [0.4, 0.5) is 0 Å². The van der Waals surface area contributed by atoms with Gasteiger partial charge in [0.25, 0.3) is 11.7 Å².